The fraction of sp³-hybridized carbons (Fsp3) is 0.542. The minimum Gasteiger partial charge on any atom is -0.461 e. The van der Waals surface area contributed by atoms with Crippen LogP contribution in [-0.4, -0.2) is 23.0 Å². The van der Waals surface area contributed by atoms with Crippen LogP contribution in [0, 0.1) is 23.2 Å². The number of carbonyl (C=O) groups is 2. The van der Waals surface area contributed by atoms with E-state index in [0.717, 1.165) is 42.0 Å². The summed E-state index contributed by atoms with van der Waals surface area (Å²) in [5, 5.41) is 3.19. The number of nitrogens with one attached hydrogen (secondary N) is 1. The molecule has 0 spiro atoms. The largest absolute Gasteiger partial charge is 0.461 e. The standard InChI is InChI=1S/C24H25F3N2O3S/c1-11-15-8-9-23(3)10-16-18(12(2)17(23)19(15)32-21(11)31)28-22(33-16)29-20(30)13-4-6-14(7-5-13)24(25,26)27/h4-7,11-12,15,17,19H,8-10H2,1-3H3,(H,28,29,30)/t11-,12+,15-,17+,19+,23+/m0/s1. The van der Waals surface area contributed by atoms with Gasteiger partial charge in [0.15, 0.2) is 5.13 Å². The molecule has 3 aliphatic rings. The Morgan fingerprint density at radius 1 is 1.21 bits per heavy atom. The molecule has 0 unspecified atom stereocenters. The normalized spacial score (nSPS) is 33.0. The smallest absolute Gasteiger partial charge is 0.416 e. The number of thiazole rings is 1. The first-order valence-electron chi connectivity index (χ1n) is 11.2. The summed E-state index contributed by atoms with van der Waals surface area (Å²) in [6, 6.07) is 4.13. The van der Waals surface area contributed by atoms with E-state index in [4.69, 9.17) is 9.72 Å². The first-order valence-corrected chi connectivity index (χ1v) is 12.0. The number of halogens is 3. The third kappa shape index (κ3) is 3.64. The number of aromatic nitrogens is 1. The van der Waals surface area contributed by atoms with Crippen molar-refractivity contribution in [2.24, 2.45) is 23.2 Å². The van der Waals surface area contributed by atoms with Crippen molar-refractivity contribution in [1.82, 2.24) is 4.98 Å². The highest BCUT2D eigenvalue weighted by Gasteiger charge is 2.58. The number of ether oxygens (including phenoxy) is 1. The van der Waals surface area contributed by atoms with Gasteiger partial charge in [-0.25, -0.2) is 4.98 Å². The molecule has 1 N–H and O–H groups in total. The van der Waals surface area contributed by atoms with Gasteiger partial charge < -0.3 is 4.74 Å². The van der Waals surface area contributed by atoms with Gasteiger partial charge in [0, 0.05) is 28.2 Å². The van der Waals surface area contributed by atoms with E-state index in [1.165, 1.54) is 23.5 Å². The van der Waals surface area contributed by atoms with E-state index >= 15 is 0 Å². The van der Waals surface area contributed by atoms with Crippen LogP contribution in [0.3, 0.4) is 0 Å². The molecule has 1 aromatic carbocycles. The molecule has 5 rings (SSSR count). The van der Waals surface area contributed by atoms with Crippen molar-refractivity contribution in [3.8, 4) is 0 Å². The SMILES string of the molecule is C[C@@H]1C(=O)O[C@@H]2[C@H]1CC[C@]1(C)Cc3sc(NC(=O)c4ccc(C(F)(F)F)cc4)nc3[C@H](C)[C@H]21. The summed E-state index contributed by atoms with van der Waals surface area (Å²) in [6.45, 7) is 6.32. The Morgan fingerprint density at radius 2 is 1.91 bits per heavy atom. The summed E-state index contributed by atoms with van der Waals surface area (Å²) >= 11 is 1.42. The number of benzene rings is 1. The van der Waals surface area contributed by atoms with Gasteiger partial charge in [0.1, 0.15) is 6.10 Å². The van der Waals surface area contributed by atoms with Crippen LogP contribution >= 0.6 is 11.3 Å². The number of rotatable bonds is 2. The van der Waals surface area contributed by atoms with Gasteiger partial charge in [-0.05, 0) is 48.9 Å². The van der Waals surface area contributed by atoms with E-state index in [1.54, 1.807) is 0 Å². The third-order valence-electron chi connectivity index (χ3n) is 7.85. The fourth-order valence-electron chi connectivity index (χ4n) is 6.11. The number of amides is 1. The summed E-state index contributed by atoms with van der Waals surface area (Å²) in [5.41, 5.74) is 0.244. The molecule has 9 heteroatoms. The number of hydrogen-bond donors (Lipinski definition) is 1. The Hall–Kier alpha value is -2.42. The molecule has 1 saturated heterocycles. The zero-order valence-corrected chi connectivity index (χ0v) is 19.3. The number of carbonyl (C=O) groups excluding carboxylic acids is 2. The van der Waals surface area contributed by atoms with Crippen molar-refractivity contribution in [2.45, 2.75) is 58.2 Å². The molecule has 2 aromatic rings. The Kier molecular flexibility index (Phi) is 5.12. The van der Waals surface area contributed by atoms with Gasteiger partial charge in [-0.15, -0.1) is 11.3 Å². The molecule has 33 heavy (non-hydrogen) atoms. The van der Waals surface area contributed by atoms with Gasteiger partial charge in [0.25, 0.3) is 5.91 Å². The molecule has 2 heterocycles. The Morgan fingerprint density at radius 3 is 2.58 bits per heavy atom. The zero-order chi connectivity index (χ0) is 23.7. The predicted octanol–water partition coefficient (Wildman–Crippen LogP) is 5.67. The number of anilines is 1. The van der Waals surface area contributed by atoms with E-state index in [2.05, 4.69) is 19.2 Å². The van der Waals surface area contributed by atoms with Gasteiger partial charge >= 0.3 is 12.1 Å². The van der Waals surface area contributed by atoms with Crippen molar-refractivity contribution in [2.75, 3.05) is 5.32 Å². The van der Waals surface area contributed by atoms with E-state index in [0.29, 0.717) is 5.13 Å². The van der Waals surface area contributed by atoms with E-state index in [9.17, 15) is 22.8 Å². The van der Waals surface area contributed by atoms with E-state index in [-0.39, 0.29) is 46.7 Å². The molecule has 176 valence electrons. The molecule has 5 nitrogen and oxygen atoms in total. The van der Waals surface area contributed by atoms with Crippen molar-refractivity contribution in [1.29, 1.82) is 0 Å². The molecule has 1 aromatic heterocycles. The van der Waals surface area contributed by atoms with Gasteiger partial charge in [-0.3, -0.25) is 14.9 Å². The van der Waals surface area contributed by atoms with Gasteiger partial charge in [-0.2, -0.15) is 13.2 Å². The molecule has 0 radical (unpaired) electrons. The van der Waals surface area contributed by atoms with Crippen LogP contribution in [0.15, 0.2) is 24.3 Å². The van der Waals surface area contributed by atoms with Gasteiger partial charge in [0.05, 0.1) is 17.2 Å². The van der Waals surface area contributed by atoms with Crippen LogP contribution in [-0.2, 0) is 22.1 Å². The second-order valence-corrected chi connectivity index (χ2v) is 11.0. The second kappa shape index (κ2) is 7.55. The van der Waals surface area contributed by atoms with Crippen LogP contribution in [0.5, 0.6) is 0 Å². The van der Waals surface area contributed by atoms with Crippen molar-refractivity contribution < 1.29 is 27.5 Å². The van der Waals surface area contributed by atoms with Crippen molar-refractivity contribution >= 4 is 28.3 Å². The van der Waals surface area contributed by atoms with Crippen LogP contribution in [0.4, 0.5) is 18.3 Å². The average Bonchev–Trinajstić information content (AvgIpc) is 3.26. The lowest BCUT2D eigenvalue weighted by Crippen LogP contribution is -2.50. The van der Waals surface area contributed by atoms with Crippen LogP contribution in [0.2, 0.25) is 0 Å². The summed E-state index contributed by atoms with van der Waals surface area (Å²) < 4.78 is 44.2. The lowest BCUT2D eigenvalue weighted by Gasteiger charge is -2.51. The maximum Gasteiger partial charge on any atom is 0.416 e. The maximum atomic E-state index is 12.8. The monoisotopic (exact) mass is 478 g/mol. The zero-order valence-electron chi connectivity index (χ0n) is 18.5. The first-order chi connectivity index (χ1) is 15.5. The lowest BCUT2D eigenvalue weighted by atomic mass is 9.54. The average molecular weight is 479 g/mol. The first kappa shape index (κ1) is 22.4. The molecule has 2 fully saturated rings. The molecular formula is C24H25F3N2O3S. The van der Waals surface area contributed by atoms with Gasteiger partial charge in [0.2, 0.25) is 0 Å². The summed E-state index contributed by atoms with van der Waals surface area (Å²) in [7, 11) is 0. The summed E-state index contributed by atoms with van der Waals surface area (Å²) in [6.07, 6.45) is -1.78. The topological polar surface area (TPSA) is 68.3 Å². The number of esters is 1. The quantitative estimate of drug-likeness (QED) is 0.565. The lowest BCUT2D eigenvalue weighted by molar-refractivity contribution is -0.149. The minimum atomic E-state index is -4.45. The maximum absolute atomic E-state index is 12.8. The highest BCUT2D eigenvalue weighted by Crippen LogP contribution is 2.59. The molecule has 6 atom stereocenters. The van der Waals surface area contributed by atoms with Crippen molar-refractivity contribution in [3.63, 3.8) is 0 Å². The van der Waals surface area contributed by atoms with E-state index < -0.39 is 17.6 Å². The Labute approximate surface area is 193 Å². The molecular weight excluding hydrogens is 453 g/mol. The number of fused-ring (bicyclic) bond motifs is 4. The molecule has 0 bridgehead atoms. The Balaban J connectivity index is 1.38. The summed E-state index contributed by atoms with van der Waals surface area (Å²) in [5.74, 6) is -0.227. The highest BCUT2D eigenvalue weighted by atomic mass is 32.1. The number of hydrogen-bond acceptors (Lipinski definition) is 5. The fourth-order valence-corrected chi connectivity index (χ4v) is 7.37. The highest BCUT2D eigenvalue weighted by molar-refractivity contribution is 7.15. The molecule has 1 amide bonds. The van der Waals surface area contributed by atoms with Crippen molar-refractivity contribution in [3.05, 3.63) is 46.0 Å². The van der Waals surface area contributed by atoms with Crippen LogP contribution in [0.25, 0.3) is 0 Å². The number of alkyl halides is 3. The molecule has 1 saturated carbocycles. The number of nitrogens with zero attached hydrogens (tertiary/aromatic N) is 1. The van der Waals surface area contributed by atoms with Gasteiger partial charge in [-0.1, -0.05) is 20.8 Å². The van der Waals surface area contributed by atoms with Crippen LogP contribution in [0.1, 0.15) is 66.0 Å². The Bertz CT molecular complexity index is 1110. The molecule has 1 aliphatic heterocycles. The third-order valence-corrected chi connectivity index (χ3v) is 8.84. The summed E-state index contributed by atoms with van der Waals surface area (Å²) in [4.78, 5) is 30.7. The molecule has 2 aliphatic carbocycles. The minimum absolute atomic E-state index is 0.0147. The van der Waals surface area contributed by atoms with Crippen LogP contribution < -0.4 is 5.32 Å². The predicted molar refractivity (Wildman–Crippen MR) is 117 cm³/mol. The van der Waals surface area contributed by atoms with E-state index in [1.807, 2.05) is 6.92 Å². The second-order valence-electron chi connectivity index (χ2n) is 9.89.